The first kappa shape index (κ1) is 26.7. The van der Waals surface area contributed by atoms with Gasteiger partial charge in [-0.2, -0.15) is 13.2 Å². The summed E-state index contributed by atoms with van der Waals surface area (Å²) in [6.07, 6.45) is -0.465. The van der Waals surface area contributed by atoms with Crippen LogP contribution in [0, 0.1) is 6.92 Å². The molecule has 2 aliphatic heterocycles. The Labute approximate surface area is 233 Å². The number of carbonyl (C=O) groups is 1. The first-order chi connectivity index (χ1) is 19.6. The van der Waals surface area contributed by atoms with Gasteiger partial charge in [0.1, 0.15) is 23.1 Å². The fourth-order valence-electron chi connectivity index (χ4n) is 5.42. The van der Waals surface area contributed by atoms with Crippen molar-refractivity contribution in [2.24, 2.45) is 0 Å². The lowest BCUT2D eigenvalue weighted by atomic mass is 10.1. The zero-order valence-electron chi connectivity index (χ0n) is 22.5. The topological polar surface area (TPSA) is 108 Å². The number of likely N-dealkylation sites (N-methyl/N-ethyl adjacent to an activating group) is 1. The largest absolute Gasteiger partial charge is 0.496 e. The molecule has 4 heterocycles. The number of halogens is 3. The van der Waals surface area contributed by atoms with Gasteiger partial charge in [0.2, 0.25) is 5.95 Å². The number of aryl methyl sites for hydroxylation is 1. The number of amides is 1. The molecule has 2 bridgehead atoms. The van der Waals surface area contributed by atoms with Crippen LogP contribution in [0.3, 0.4) is 0 Å². The van der Waals surface area contributed by atoms with E-state index in [1.54, 1.807) is 24.4 Å². The van der Waals surface area contributed by atoms with E-state index in [0.29, 0.717) is 40.6 Å². The number of rotatable bonds is 6. The summed E-state index contributed by atoms with van der Waals surface area (Å²) in [6.45, 7) is 3.69. The Morgan fingerprint density at radius 1 is 1.07 bits per heavy atom. The molecule has 2 N–H and O–H groups in total. The van der Waals surface area contributed by atoms with Crippen LogP contribution in [-0.2, 0) is 6.18 Å². The molecule has 10 nitrogen and oxygen atoms in total. The van der Waals surface area contributed by atoms with Gasteiger partial charge in [0.05, 0.1) is 18.9 Å². The van der Waals surface area contributed by atoms with Crippen LogP contribution in [-0.4, -0.2) is 70.1 Å². The number of piperazine rings is 1. The van der Waals surface area contributed by atoms with Gasteiger partial charge in [-0.05, 0) is 56.3 Å². The zero-order valence-corrected chi connectivity index (χ0v) is 22.5. The Balaban J connectivity index is 1.26. The molecule has 2 saturated heterocycles. The molecular weight excluding hydrogens is 537 g/mol. The molecule has 6 rings (SSSR count). The second kappa shape index (κ2) is 10.1. The third-order valence-electron chi connectivity index (χ3n) is 7.65. The van der Waals surface area contributed by atoms with Crippen molar-refractivity contribution in [1.29, 1.82) is 0 Å². The van der Waals surface area contributed by atoms with Gasteiger partial charge in [-0.3, -0.25) is 9.69 Å². The summed E-state index contributed by atoms with van der Waals surface area (Å²) in [4.78, 5) is 35.7. The van der Waals surface area contributed by atoms with Gasteiger partial charge in [-0.25, -0.2) is 19.9 Å². The predicted octanol–water partition coefficient (Wildman–Crippen LogP) is 4.64. The number of likely N-dealkylation sites (tertiary alicyclic amines) is 1. The van der Waals surface area contributed by atoms with Crippen LogP contribution in [0.15, 0.2) is 48.9 Å². The molecular formula is C28H27F3N8O2. The van der Waals surface area contributed by atoms with Gasteiger partial charge < -0.3 is 20.3 Å². The Morgan fingerprint density at radius 3 is 2.61 bits per heavy atom. The van der Waals surface area contributed by atoms with Crippen molar-refractivity contribution >= 4 is 40.1 Å². The number of nitrogens with one attached hydrogen (secondary N) is 2. The molecule has 1 amide bonds. The first-order valence-electron chi connectivity index (χ1n) is 13.0. The van der Waals surface area contributed by atoms with E-state index in [2.05, 4.69) is 42.4 Å². The van der Waals surface area contributed by atoms with Gasteiger partial charge in [0.25, 0.3) is 5.91 Å². The Morgan fingerprint density at radius 2 is 1.90 bits per heavy atom. The highest BCUT2D eigenvalue weighted by Crippen LogP contribution is 2.38. The van der Waals surface area contributed by atoms with E-state index < -0.39 is 17.6 Å². The lowest BCUT2D eigenvalue weighted by Gasteiger charge is -2.31. The molecule has 0 aliphatic carbocycles. The number of carbonyl (C=O) groups excluding carboxylic acids is 1. The van der Waals surface area contributed by atoms with Crippen LogP contribution in [0.5, 0.6) is 5.75 Å². The predicted molar refractivity (Wildman–Crippen MR) is 148 cm³/mol. The zero-order chi connectivity index (χ0) is 28.9. The number of fused-ring (bicyclic) bond motifs is 3. The number of hydrogen-bond donors (Lipinski definition) is 2. The Kier molecular flexibility index (Phi) is 6.60. The Hall–Kier alpha value is -4.52. The molecule has 0 radical (unpaired) electrons. The van der Waals surface area contributed by atoms with Gasteiger partial charge in [0.15, 0.2) is 5.82 Å². The normalized spacial score (nSPS) is 18.6. The quantitative estimate of drug-likeness (QED) is 0.346. The maximum Gasteiger partial charge on any atom is 0.420 e. The van der Waals surface area contributed by atoms with E-state index in [1.165, 1.54) is 18.5 Å². The number of methoxy groups -OCH3 is 1. The lowest BCUT2D eigenvalue weighted by molar-refractivity contribution is -0.138. The first-order valence-corrected chi connectivity index (χ1v) is 13.0. The molecule has 41 heavy (non-hydrogen) atoms. The minimum atomic E-state index is -4.64. The lowest BCUT2D eigenvalue weighted by Crippen LogP contribution is -2.45. The monoisotopic (exact) mass is 564 g/mol. The highest BCUT2D eigenvalue weighted by Gasteiger charge is 2.42. The number of ether oxygens (including phenoxy) is 1. The van der Waals surface area contributed by atoms with Crippen molar-refractivity contribution in [3.63, 3.8) is 0 Å². The van der Waals surface area contributed by atoms with Gasteiger partial charge in [-0.1, -0.05) is 6.07 Å². The van der Waals surface area contributed by atoms with Crippen molar-refractivity contribution in [3.05, 3.63) is 65.6 Å². The average molecular weight is 565 g/mol. The van der Waals surface area contributed by atoms with E-state index in [-0.39, 0.29) is 17.0 Å². The van der Waals surface area contributed by atoms with Crippen LogP contribution < -0.4 is 20.3 Å². The van der Waals surface area contributed by atoms with Crippen molar-refractivity contribution in [2.45, 2.75) is 31.6 Å². The molecule has 2 aromatic heterocycles. The minimum absolute atomic E-state index is 0.00830. The SMILES string of the molecule is COc1ccc(NC(=O)c2ccc(C)c(Nc3ncnc4cnc(N5CC6CC5CN6C)nc34)c2)cc1C(F)(F)F. The maximum absolute atomic E-state index is 13.4. The highest BCUT2D eigenvalue weighted by molar-refractivity contribution is 6.05. The summed E-state index contributed by atoms with van der Waals surface area (Å²) in [5.41, 5.74) is 1.78. The summed E-state index contributed by atoms with van der Waals surface area (Å²) in [6, 6.07) is 9.17. The van der Waals surface area contributed by atoms with Crippen LogP contribution in [0.2, 0.25) is 0 Å². The second-order valence-electron chi connectivity index (χ2n) is 10.3. The molecule has 212 valence electrons. The van der Waals surface area contributed by atoms with E-state index >= 15 is 0 Å². The maximum atomic E-state index is 13.4. The average Bonchev–Trinajstić information content (AvgIpc) is 3.53. The smallest absolute Gasteiger partial charge is 0.420 e. The van der Waals surface area contributed by atoms with Crippen molar-refractivity contribution in [1.82, 2.24) is 24.8 Å². The number of anilines is 4. The van der Waals surface area contributed by atoms with Crippen LogP contribution in [0.1, 0.15) is 27.9 Å². The summed E-state index contributed by atoms with van der Waals surface area (Å²) >= 11 is 0. The highest BCUT2D eigenvalue weighted by atomic mass is 19.4. The molecule has 0 spiro atoms. The number of aromatic nitrogens is 4. The summed E-state index contributed by atoms with van der Waals surface area (Å²) in [5.74, 6) is 0.174. The third-order valence-corrected chi connectivity index (χ3v) is 7.65. The van der Waals surface area contributed by atoms with E-state index in [4.69, 9.17) is 9.72 Å². The third kappa shape index (κ3) is 5.08. The fourth-order valence-corrected chi connectivity index (χ4v) is 5.42. The second-order valence-corrected chi connectivity index (χ2v) is 10.3. The molecule has 2 atom stereocenters. The van der Waals surface area contributed by atoms with Crippen LogP contribution in [0.4, 0.5) is 36.3 Å². The molecule has 2 unspecified atom stereocenters. The number of nitrogens with zero attached hydrogens (tertiary/aromatic N) is 6. The van der Waals surface area contributed by atoms with Crippen molar-refractivity contribution in [3.8, 4) is 5.75 Å². The molecule has 2 aliphatic rings. The van der Waals surface area contributed by atoms with Gasteiger partial charge in [0, 0.05) is 42.1 Å². The van der Waals surface area contributed by atoms with Crippen LogP contribution in [0.25, 0.3) is 11.0 Å². The standard InChI is InChI=1S/C28H27F3N8O2/c1-15-4-5-16(26(40)35-17-6-7-23(41-3)20(9-17)28(29,30)31)8-21(15)36-25-24-22(33-14-34-25)11-32-27(37-24)39-13-18-10-19(39)12-38(18)2/h4-9,11,14,18-19H,10,12-13H2,1-3H3,(H,35,40)(H,33,34,36). The minimum Gasteiger partial charge on any atom is -0.496 e. The van der Waals surface area contributed by atoms with Crippen molar-refractivity contribution in [2.75, 3.05) is 42.8 Å². The molecule has 0 saturated carbocycles. The van der Waals surface area contributed by atoms with Crippen LogP contribution >= 0.6 is 0 Å². The van der Waals surface area contributed by atoms with Crippen molar-refractivity contribution < 1.29 is 22.7 Å². The fraction of sp³-hybridized carbons (Fsp3) is 0.321. The number of alkyl halides is 3. The molecule has 2 fully saturated rings. The van der Waals surface area contributed by atoms with E-state index in [9.17, 15) is 18.0 Å². The number of hydrogen-bond acceptors (Lipinski definition) is 9. The summed E-state index contributed by atoms with van der Waals surface area (Å²) < 4.78 is 45.1. The molecule has 2 aromatic carbocycles. The van der Waals surface area contributed by atoms with Gasteiger partial charge >= 0.3 is 6.18 Å². The van der Waals surface area contributed by atoms with Gasteiger partial charge in [-0.15, -0.1) is 0 Å². The van der Waals surface area contributed by atoms with E-state index in [0.717, 1.165) is 38.2 Å². The van der Waals surface area contributed by atoms with E-state index in [1.807, 2.05) is 6.92 Å². The number of benzene rings is 2. The summed E-state index contributed by atoms with van der Waals surface area (Å²) in [5, 5.41) is 5.80. The molecule has 13 heteroatoms. The summed E-state index contributed by atoms with van der Waals surface area (Å²) in [7, 11) is 3.29. The molecule has 4 aromatic rings. The Bertz CT molecular complexity index is 1640.